The third kappa shape index (κ3) is 6.39. The van der Waals surface area contributed by atoms with Crippen LogP contribution in [-0.2, 0) is 26.5 Å². The van der Waals surface area contributed by atoms with Crippen LogP contribution in [0.15, 0.2) is 121 Å². The summed E-state index contributed by atoms with van der Waals surface area (Å²) in [6.07, 6.45) is 1.85. The first-order valence-electron chi connectivity index (χ1n) is 21.2. The second-order valence-corrected chi connectivity index (χ2v) is 14.8. The number of rotatable bonds is 6. The van der Waals surface area contributed by atoms with E-state index >= 15 is 0 Å². The molecule has 5 aromatic carbocycles. The predicted molar refractivity (Wildman–Crippen MR) is 224 cm³/mol. The van der Waals surface area contributed by atoms with Gasteiger partial charge in [-0.1, -0.05) is 85.5 Å². The van der Waals surface area contributed by atoms with Gasteiger partial charge >= 0.3 is 27.1 Å². The van der Waals surface area contributed by atoms with E-state index in [4.69, 9.17) is 22.9 Å². The molecule has 0 N–H and O–H groups in total. The molecule has 3 aromatic heterocycles. The van der Waals surface area contributed by atoms with E-state index < -0.39 is 13.7 Å². The monoisotopic (exact) mass is 916 g/mol. The van der Waals surface area contributed by atoms with Crippen molar-refractivity contribution in [2.45, 2.75) is 53.7 Å². The van der Waals surface area contributed by atoms with Crippen molar-refractivity contribution in [3.63, 3.8) is 0 Å². The maximum atomic E-state index is 8.35. The van der Waals surface area contributed by atoms with E-state index in [1.165, 1.54) is 18.2 Å². The molecule has 0 amide bonds. The molecule has 9 rings (SSSR count). The van der Waals surface area contributed by atoms with Gasteiger partial charge in [0, 0.05) is 49.8 Å². The molecule has 0 bridgehead atoms. The first kappa shape index (κ1) is 30.3. The van der Waals surface area contributed by atoms with Gasteiger partial charge in [0.25, 0.3) is 11.4 Å². The second-order valence-electron chi connectivity index (χ2n) is 14.8. The molecular weight excluding hydrogens is 870 g/mol. The van der Waals surface area contributed by atoms with Crippen LogP contribution in [-0.4, -0.2) is 20.5 Å². The van der Waals surface area contributed by atoms with Crippen LogP contribution in [0.5, 0.6) is 11.5 Å². The molecule has 0 saturated carbocycles. The minimum absolute atomic E-state index is 0. The molecule has 276 valence electrons. The summed E-state index contributed by atoms with van der Waals surface area (Å²) in [6.45, 7) is 5.44. The number of pyridine rings is 2. The van der Waals surface area contributed by atoms with Crippen LogP contribution in [0.1, 0.15) is 57.1 Å². The van der Waals surface area contributed by atoms with Crippen molar-refractivity contribution < 1.29 is 34.0 Å². The molecule has 56 heavy (non-hydrogen) atoms. The number of hydrogen-bond donors (Lipinski definition) is 0. The quantitative estimate of drug-likeness (QED) is 0.123. The van der Waals surface area contributed by atoms with Gasteiger partial charge in [0.15, 0.2) is 0 Å². The van der Waals surface area contributed by atoms with E-state index in [-0.39, 0.29) is 43.2 Å². The topological polar surface area (TPSA) is 46.0 Å². The van der Waals surface area contributed by atoms with Gasteiger partial charge in [-0.3, -0.25) is 4.98 Å². The summed E-state index contributed by atoms with van der Waals surface area (Å²) >= 11 is 0. The van der Waals surface area contributed by atoms with Gasteiger partial charge in [-0.05, 0) is 89.4 Å². The fraction of sp³-hybridized carbons (Fsp3) is 0.163. The standard InChI is InChI=1S/C49H41N5O.Pt/c1-31-14-12-15-32(2)47(31)40-18-8-9-19-42(40)53-30-52(43-20-10-11-21-44(43)53)36-16-13-17-37(28-36)55-38-22-23-39-41-26-33(3)51-34(4)48(41)54(45(39)29-38)46-27-35(24-25-50-46)49(5,6)7;/h8-27H,1-7H3;/q;+2/i1D3,2D3;. The molecule has 0 atom stereocenters. The van der Waals surface area contributed by atoms with Crippen LogP contribution in [0.25, 0.3) is 38.8 Å². The summed E-state index contributed by atoms with van der Waals surface area (Å²) in [4.78, 5) is 9.65. The average molecular weight is 917 g/mol. The molecule has 6 nitrogen and oxygen atoms in total. The first-order chi connectivity index (χ1) is 29.0. The van der Waals surface area contributed by atoms with Crippen LogP contribution in [0.4, 0.5) is 22.7 Å². The molecule has 0 unspecified atom stereocenters. The van der Waals surface area contributed by atoms with Crippen LogP contribution in [0, 0.1) is 39.7 Å². The molecule has 0 fully saturated rings. The molecule has 0 radical (unpaired) electrons. The Morgan fingerprint density at radius 2 is 1.43 bits per heavy atom. The Morgan fingerprint density at radius 1 is 0.732 bits per heavy atom. The molecule has 8 aromatic rings. The van der Waals surface area contributed by atoms with E-state index in [9.17, 15) is 0 Å². The number of aryl methyl sites for hydroxylation is 4. The largest absolute Gasteiger partial charge is 2.00 e. The zero-order valence-electron chi connectivity index (χ0n) is 37.5. The molecule has 1 aliphatic rings. The van der Waals surface area contributed by atoms with Crippen molar-refractivity contribution in [1.29, 1.82) is 0 Å². The van der Waals surface area contributed by atoms with Crippen molar-refractivity contribution in [2.75, 3.05) is 0 Å². The van der Waals surface area contributed by atoms with Gasteiger partial charge < -0.3 is 9.30 Å². The normalized spacial score (nSPS) is 14.4. The van der Waals surface area contributed by atoms with Crippen molar-refractivity contribution >= 4 is 50.6 Å². The fourth-order valence-corrected chi connectivity index (χ4v) is 7.46. The maximum Gasteiger partial charge on any atom is 2.00 e. The Labute approximate surface area is 350 Å². The molecule has 0 spiro atoms. The van der Waals surface area contributed by atoms with E-state index in [0.29, 0.717) is 28.4 Å². The van der Waals surface area contributed by atoms with Gasteiger partial charge in [0.1, 0.15) is 11.5 Å². The minimum Gasteiger partial charge on any atom is -0.509 e. The SMILES string of the molecule is [2H]C([2H])([2H])c1cccc(C([2H])([2H])[2H])c1-c1ccccc1[N+]1=C=[N+](c2[c-]c(Oc3[c-]c4c(cc3)c3cc(C)nc(C)c3n4-c3cc(C(C)(C)C)ccn3)ccc2)c2ccccc21.[Pt+2]. The summed E-state index contributed by atoms with van der Waals surface area (Å²) in [6, 6.07) is 45.7. The maximum absolute atomic E-state index is 8.35. The Morgan fingerprint density at radius 3 is 2.18 bits per heavy atom. The second kappa shape index (κ2) is 14.3. The number of para-hydroxylation sites is 3. The zero-order chi connectivity index (χ0) is 43.0. The number of benzene rings is 5. The smallest absolute Gasteiger partial charge is 0.509 e. The molecule has 0 saturated heterocycles. The Kier molecular flexibility index (Phi) is 7.73. The fourth-order valence-electron chi connectivity index (χ4n) is 7.46. The summed E-state index contributed by atoms with van der Waals surface area (Å²) in [5.41, 5.74) is 7.92. The summed E-state index contributed by atoms with van der Waals surface area (Å²) in [5, 5.41) is 2.06. The van der Waals surface area contributed by atoms with Crippen molar-refractivity contribution in [3.8, 4) is 28.4 Å². The zero-order valence-corrected chi connectivity index (χ0v) is 33.8. The molecule has 4 heterocycles. The molecule has 0 aliphatic carbocycles. The van der Waals surface area contributed by atoms with Gasteiger partial charge in [0.2, 0.25) is 5.69 Å². The summed E-state index contributed by atoms with van der Waals surface area (Å²) < 4.78 is 62.5. The van der Waals surface area contributed by atoms with E-state index in [0.717, 1.165) is 55.9 Å². The van der Waals surface area contributed by atoms with E-state index in [2.05, 4.69) is 61.7 Å². The predicted octanol–water partition coefficient (Wildman–Crippen LogP) is 12.0. The average Bonchev–Trinajstić information content (AvgIpc) is 3.76. The van der Waals surface area contributed by atoms with Crippen molar-refractivity contribution in [1.82, 2.24) is 23.7 Å². The minimum atomic E-state index is -2.57. The van der Waals surface area contributed by atoms with Gasteiger partial charge in [-0.15, -0.1) is 23.6 Å². The van der Waals surface area contributed by atoms with Gasteiger partial charge in [-0.2, -0.15) is 12.1 Å². The number of ether oxygens (including phenoxy) is 1. The van der Waals surface area contributed by atoms with Gasteiger partial charge in [-0.25, -0.2) is 4.98 Å². The summed E-state index contributed by atoms with van der Waals surface area (Å²) in [5.74, 6) is 1.71. The number of nitrogens with zero attached hydrogens (tertiary/aromatic N) is 5. The Bertz CT molecular complexity index is 3120. The molecule has 7 heteroatoms. The van der Waals surface area contributed by atoms with Crippen LogP contribution in [0.3, 0.4) is 0 Å². The summed E-state index contributed by atoms with van der Waals surface area (Å²) in [7, 11) is 0. The first-order valence-corrected chi connectivity index (χ1v) is 18.2. The molecular formula is C49H41N5OPt+2. The number of hydrogen-bond acceptors (Lipinski definition) is 3. The van der Waals surface area contributed by atoms with Crippen LogP contribution >= 0.6 is 0 Å². The Balaban J connectivity index is 0.00000529. The van der Waals surface area contributed by atoms with Crippen molar-refractivity contribution in [2.24, 2.45) is 0 Å². The van der Waals surface area contributed by atoms with E-state index in [1.54, 1.807) is 12.1 Å². The molecule has 1 aliphatic heterocycles. The van der Waals surface area contributed by atoms with Crippen LogP contribution in [0.2, 0.25) is 0 Å². The third-order valence-corrected chi connectivity index (χ3v) is 10.0. The third-order valence-electron chi connectivity index (χ3n) is 10.0. The van der Waals surface area contributed by atoms with E-state index in [1.807, 2.05) is 95.9 Å². The van der Waals surface area contributed by atoms with Crippen LogP contribution < -0.4 is 13.9 Å². The van der Waals surface area contributed by atoms with Crippen molar-refractivity contribution in [3.05, 3.63) is 162 Å². The Hall–Kier alpha value is -5.93. The van der Waals surface area contributed by atoms with Gasteiger partial charge in [0.05, 0.1) is 16.8 Å². The number of fused-ring (bicyclic) bond motifs is 4. The number of aromatic nitrogens is 3.